The molecule has 126 valence electrons. The number of pyridine rings is 1. The van der Waals surface area contributed by atoms with Crippen molar-refractivity contribution in [2.45, 2.75) is 6.42 Å². The van der Waals surface area contributed by atoms with Gasteiger partial charge in [0.1, 0.15) is 0 Å². The summed E-state index contributed by atoms with van der Waals surface area (Å²) in [5, 5.41) is 2.94. The number of rotatable bonds is 2. The van der Waals surface area contributed by atoms with Crippen LogP contribution in [0.15, 0.2) is 72.1 Å². The topological polar surface area (TPSA) is 33.2 Å². The highest BCUT2D eigenvalue weighted by molar-refractivity contribution is 7.13. The summed E-state index contributed by atoms with van der Waals surface area (Å²) >= 11 is 1.64. The van der Waals surface area contributed by atoms with Gasteiger partial charge in [-0.1, -0.05) is 42.5 Å². The van der Waals surface area contributed by atoms with E-state index < -0.39 is 0 Å². The Hall–Kier alpha value is -2.98. The Bertz CT molecular complexity index is 1120. The molecule has 1 aliphatic rings. The summed E-state index contributed by atoms with van der Waals surface area (Å²) in [6, 6.07) is 22.0. The second-order valence-corrected chi connectivity index (χ2v) is 7.33. The first-order valence-corrected chi connectivity index (χ1v) is 9.53. The molecule has 1 aliphatic heterocycles. The second-order valence-electron chi connectivity index (χ2n) is 6.39. The SMILES string of the molecule is O=C(c1cc(-c2cccs2)nc2ccccc12)N1CCc2ccccc21. The van der Waals surface area contributed by atoms with E-state index in [1.165, 1.54) is 5.56 Å². The molecule has 2 aromatic carbocycles. The fourth-order valence-electron chi connectivity index (χ4n) is 3.60. The Morgan fingerprint density at radius 3 is 2.73 bits per heavy atom. The van der Waals surface area contributed by atoms with E-state index in [1.54, 1.807) is 11.3 Å². The minimum atomic E-state index is 0.0476. The number of para-hydroxylation sites is 2. The lowest BCUT2D eigenvalue weighted by molar-refractivity contribution is 0.0991. The summed E-state index contributed by atoms with van der Waals surface area (Å²) in [5.74, 6) is 0.0476. The van der Waals surface area contributed by atoms with Crippen molar-refractivity contribution in [2.24, 2.45) is 0 Å². The van der Waals surface area contributed by atoms with Crippen molar-refractivity contribution in [3.63, 3.8) is 0 Å². The van der Waals surface area contributed by atoms with Crippen LogP contribution in [0.3, 0.4) is 0 Å². The quantitative estimate of drug-likeness (QED) is 0.497. The molecule has 0 spiro atoms. The molecule has 1 amide bonds. The van der Waals surface area contributed by atoms with Crippen LogP contribution in [0.25, 0.3) is 21.5 Å². The van der Waals surface area contributed by atoms with Gasteiger partial charge in [-0.25, -0.2) is 4.98 Å². The maximum Gasteiger partial charge on any atom is 0.259 e. The number of amides is 1. The van der Waals surface area contributed by atoms with Crippen LogP contribution in [0.2, 0.25) is 0 Å². The Balaban J connectivity index is 1.68. The van der Waals surface area contributed by atoms with Gasteiger partial charge in [0.25, 0.3) is 5.91 Å². The van der Waals surface area contributed by atoms with E-state index in [0.29, 0.717) is 0 Å². The summed E-state index contributed by atoms with van der Waals surface area (Å²) in [4.78, 5) is 21.2. The molecule has 0 saturated carbocycles. The number of aromatic nitrogens is 1. The van der Waals surface area contributed by atoms with Crippen molar-refractivity contribution < 1.29 is 4.79 Å². The lowest BCUT2D eigenvalue weighted by Crippen LogP contribution is -2.29. The van der Waals surface area contributed by atoms with E-state index in [2.05, 4.69) is 6.07 Å². The monoisotopic (exact) mass is 356 g/mol. The zero-order chi connectivity index (χ0) is 17.5. The Kier molecular flexibility index (Phi) is 3.57. The molecular weight excluding hydrogens is 340 g/mol. The van der Waals surface area contributed by atoms with Crippen LogP contribution in [0.4, 0.5) is 5.69 Å². The van der Waals surface area contributed by atoms with E-state index in [-0.39, 0.29) is 5.91 Å². The average Bonchev–Trinajstić information content (AvgIpc) is 3.36. The molecule has 0 atom stereocenters. The molecule has 3 heterocycles. The number of hydrogen-bond acceptors (Lipinski definition) is 3. The van der Waals surface area contributed by atoms with Gasteiger partial charge in [-0.15, -0.1) is 11.3 Å². The van der Waals surface area contributed by atoms with Crippen LogP contribution in [0.5, 0.6) is 0 Å². The van der Waals surface area contributed by atoms with Gasteiger partial charge < -0.3 is 4.90 Å². The molecular formula is C22H16N2OS. The summed E-state index contributed by atoms with van der Waals surface area (Å²) < 4.78 is 0. The average molecular weight is 356 g/mol. The molecule has 0 fully saturated rings. The Morgan fingerprint density at radius 1 is 1.00 bits per heavy atom. The van der Waals surface area contributed by atoms with Crippen LogP contribution in [0.1, 0.15) is 15.9 Å². The minimum Gasteiger partial charge on any atom is -0.308 e. The van der Waals surface area contributed by atoms with Crippen molar-refractivity contribution in [1.29, 1.82) is 0 Å². The van der Waals surface area contributed by atoms with Gasteiger partial charge in [-0.2, -0.15) is 0 Å². The van der Waals surface area contributed by atoms with Crippen molar-refractivity contribution >= 4 is 33.8 Å². The molecule has 0 radical (unpaired) electrons. The lowest BCUT2D eigenvalue weighted by atomic mass is 10.1. The molecule has 0 unspecified atom stereocenters. The highest BCUT2D eigenvalue weighted by Gasteiger charge is 2.27. The molecule has 4 aromatic rings. The largest absolute Gasteiger partial charge is 0.308 e. The number of carbonyl (C=O) groups is 1. The third-order valence-corrected chi connectivity index (χ3v) is 5.74. The van der Waals surface area contributed by atoms with Gasteiger partial charge in [0.15, 0.2) is 0 Å². The third kappa shape index (κ3) is 2.42. The molecule has 0 bridgehead atoms. The molecule has 5 rings (SSSR count). The minimum absolute atomic E-state index is 0.0476. The van der Waals surface area contributed by atoms with Crippen LogP contribution < -0.4 is 4.90 Å². The van der Waals surface area contributed by atoms with Crippen LogP contribution in [-0.4, -0.2) is 17.4 Å². The number of thiophene rings is 1. The number of hydrogen-bond donors (Lipinski definition) is 0. The number of benzene rings is 2. The van der Waals surface area contributed by atoms with Gasteiger partial charge in [0.2, 0.25) is 0 Å². The van der Waals surface area contributed by atoms with Crippen LogP contribution in [-0.2, 0) is 6.42 Å². The van der Waals surface area contributed by atoms with Crippen molar-refractivity contribution in [3.05, 3.63) is 83.2 Å². The van der Waals surface area contributed by atoms with Crippen molar-refractivity contribution in [3.8, 4) is 10.6 Å². The number of anilines is 1. The molecule has 3 nitrogen and oxygen atoms in total. The summed E-state index contributed by atoms with van der Waals surface area (Å²) in [5.41, 5.74) is 4.69. The highest BCUT2D eigenvalue weighted by Crippen LogP contribution is 2.32. The molecule has 0 aliphatic carbocycles. The molecule has 2 aromatic heterocycles. The van der Waals surface area contributed by atoms with Gasteiger partial charge >= 0.3 is 0 Å². The van der Waals surface area contributed by atoms with E-state index in [1.807, 2.05) is 70.9 Å². The summed E-state index contributed by atoms with van der Waals surface area (Å²) in [6.45, 7) is 0.725. The number of carbonyl (C=O) groups excluding carboxylic acids is 1. The first kappa shape index (κ1) is 15.3. The van der Waals surface area contributed by atoms with Crippen LogP contribution >= 0.6 is 11.3 Å². The Labute approximate surface area is 155 Å². The second kappa shape index (κ2) is 6.07. The normalized spacial score (nSPS) is 13.2. The maximum atomic E-state index is 13.4. The maximum absolute atomic E-state index is 13.4. The number of fused-ring (bicyclic) bond motifs is 2. The number of nitrogens with zero attached hydrogens (tertiary/aromatic N) is 2. The summed E-state index contributed by atoms with van der Waals surface area (Å²) in [6.07, 6.45) is 0.905. The first-order valence-electron chi connectivity index (χ1n) is 8.65. The van der Waals surface area contributed by atoms with Gasteiger partial charge in [0.05, 0.1) is 21.7 Å². The van der Waals surface area contributed by atoms with E-state index in [4.69, 9.17) is 4.98 Å². The van der Waals surface area contributed by atoms with Crippen LogP contribution in [0, 0.1) is 0 Å². The standard InChI is InChI=1S/C22H16N2OS/c25-22(24-12-11-15-6-1-4-9-20(15)24)17-14-19(21-10-5-13-26-21)23-18-8-3-2-7-16(17)18/h1-10,13-14H,11-12H2. The predicted octanol–water partition coefficient (Wildman–Crippen LogP) is 5.17. The van der Waals surface area contributed by atoms with Crippen molar-refractivity contribution in [2.75, 3.05) is 11.4 Å². The van der Waals surface area contributed by atoms with Gasteiger partial charge in [-0.05, 0) is 41.6 Å². The molecule has 0 saturated heterocycles. The van der Waals surface area contributed by atoms with E-state index in [9.17, 15) is 4.79 Å². The zero-order valence-corrected chi connectivity index (χ0v) is 14.9. The smallest absolute Gasteiger partial charge is 0.259 e. The van der Waals surface area contributed by atoms with E-state index in [0.717, 1.165) is 45.7 Å². The first-order chi connectivity index (χ1) is 12.8. The predicted molar refractivity (Wildman–Crippen MR) is 107 cm³/mol. The van der Waals surface area contributed by atoms with Crippen molar-refractivity contribution in [1.82, 2.24) is 4.98 Å². The fraction of sp³-hybridized carbons (Fsp3) is 0.0909. The van der Waals surface area contributed by atoms with Gasteiger partial charge in [-0.3, -0.25) is 4.79 Å². The Morgan fingerprint density at radius 2 is 1.85 bits per heavy atom. The molecule has 26 heavy (non-hydrogen) atoms. The molecule has 0 N–H and O–H groups in total. The lowest BCUT2D eigenvalue weighted by Gasteiger charge is -2.19. The van der Waals surface area contributed by atoms with Gasteiger partial charge in [0, 0.05) is 17.6 Å². The third-order valence-electron chi connectivity index (χ3n) is 4.85. The fourth-order valence-corrected chi connectivity index (χ4v) is 4.28. The molecule has 4 heteroatoms. The summed E-state index contributed by atoms with van der Waals surface area (Å²) in [7, 11) is 0. The zero-order valence-electron chi connectivity index (χ0n) is 14.1. The van der Waals surface area contributed by atoms with E-state index >= 15 is 0 Å². The highest BCUT2D eigenvalue weighted by atomic mass is 32.1.